The molecule has 0 aromatic carbocycles. The molecule has 18 heavy (non-hydrogen) atoms. The monoisotopic (exact) mass is 311 g/mol. The highest BCUT2D eigenvalue weighted by Crippen LogP contribution is 2.16. The zero-order valence-electron chi connectivity index (χ0n) is 10.8. The number of likely N-dealkylation sites (tertiary alicyclic amines) is 1. The number of pyridine rings is 1. The highest BCUT2D eigenvalue weighted by Gasteiger charge is 2.23. The third-order valence-electron chi connectivity index (χ3n) is 3.30. The van der Waals surface area contributed by atoms with Crippen LogP contribution in [0.5, 0.6) is 0 Å². The molecule has 4 nitrogen and oxygen atoms in total. The second-order valence-electron chi connectivity index (χ2n) is 4.95. The quantitative estimate of drug-likeness (QED) is 0.800. The summed E-state index contributed by atoms with van der Waals surface area (Å²) in [6.07, 6.45) is 1.17. The van der Waals surface area contributed by atoms with Crippen molar-refractivity contribution in [3.8, 4) is 0 Å². The molecule has 0 aliphatic carbocycles. The van der Waals surface area contributed by atoms with E-state index in [4.69, 9.17) is 0 Å². The molecule has 98 valence electrons. The zero-order chi connectivity index (χ0) is 13.1. The predicted octanol–water partition coefficient (Wildman–Crippen LogP) is 1.87. The van der Waals surface area contributed by atoms with Crippen molar-refractivity contribution in [2.24, 2.45) is 5.92 Å². The Hall–Kier alpha value is -0.940. The standard InChI is InChI=1S/C13H18BrN3O/c1-16-7-6-10(8-16)9-17(2)13(18)11-4-3-5-12(14)15-11/h3-5,10H,6-9H2,1-2H3. The van der Waals surface area contributed by atoms with Crippen molar-refractivity contribution in [2.45, 2.75) is 6.42 Å². The number of nitrogens with zero attached hydrogens (tertiary/aromatic N) is 3. The van der Waals surface area contributed by atoms with Gasteiger partial charge in [0.2, 0.25) is 0 Å². The van der Waals surface area contributed by atoms with Crippen LogP contribution in [0.15, 0.2) is 22.8 Å². The summed E-state index contributed by atoms with van der Waals surface area (Å²) >= 11 is 3.29. The fourth-order valence-corrected chi connectivity index (χ4v) is 2.71. The maximum Gasteiger partial charge on any atom is 0.272 e. The van der Waals surface area contributed by atoms with Gasteiger partial charge in [0.25, 0.3) is 5.91 Å². The van der Waals surface area contributed by atoms with Gasteiger partial charge >= 0.3 is 0 Å². The summed E-state index contributed by atoms with van der Waals surface area (Å²) < 4.78 is 0.697. The minimum Gasteiger partial charge on any atom is -0.340 e. The molecule has 1 unspecified atom stereocenters. The van der Waals surface area contributed by atoms with Gasteiger partial charge in [-0.25, -0.2) is 4.98 Å². The van der Waals surface area contributed by atoms with E-state index >= 15 is 0 Å². The normalized spacial score (nSPS) is 20.1. The average Bonchev–Trinajstić information content (AvgIpc) is 2.73. The zero-order valence-corrected chi connectivity index (χ0v) is 12.4. The molecule has 1 aliphatic rings. The Morgan fingerprint density at radius 1 is 1.61 bits per heavy atom. The lowest BCUT2D eigenvalue weighted by Crippen LogP contribution is -2.33. The van der Waals surface area contributed by atoms with Crippen LogP contribution in [0, 0.1) is 5.92 Å². The van der Waals surface area contributed by atoms with Crippen molar-refractivity contribution in [1.82, 2.24) is 14.8 Å². The first kappa shape index (κ1) is 13.5. The number of amides is 1. The molecule has 1 atom stereocenters. The van der Waals surface area contributed by atoms with Crippen LogP contribution >= 0.6 is 15.9 Å². The summed E-state index contributed by atoms with van der Waals surface area (Å²) in [5.41, 5.74) is 0.498. The summed E-state index contributed by atoms with van der Waals surface area (Å²) in [5.74, 6) is 0.571. The first-order valence-electron chi connectivity index (χ1n) is 6.13. The van der Waals surface area contributed by atoms with Gasteiger partial charge in [-0.15, -0.1) is 0 Å². The Bertz CT molecular complexity index is 438. The summed E-state index contributed by atoms with van der Waals surface area (Å²) in [6.45, 7) is 3.00. The molecule has 1 aromatic heterocycles. The molecule has 1 amide bonds. The van der Waals surface area contributed by atoms with Crippen molar-refractivity contribution in [3.63, 3.8) is 0 Å². The van der Waals surface area contributed by atoms with E-state index in [9.17, 15) is 4.79 Å². The van der Waals surface area contributed by atoms with Crippen LogP contribution in [0.4, 0.5) is 0 Å². The van der Waals surface area contributed by atoms with Crippen molar-refractivity contribution in [2.75, 3.05) is 33.7 Å². The average molecular weight is 312 g/mol. The van der Waals surface area contributed by atoms with Crippen LogP contribution in [0.25, 0.3) is 0 Å². The molecule has 1 saturated heterocycles. The van der Waals surface area contributed by atoms with Gasteiger partial charge in [0, 0.05) is 20.1 Å². The third kappa shape index (κ3) is 3.29. The van der Waals surface area contributed by atoms with E-state index in [0.29, 0.717) is 16.2 Å². The van der Waals surface area contributed by atoms with Crippen molar-refractivity contribution in [3.05, 3.63) is 28.5 Å². The molecule has 1 aliphatic heterocycles. The molecular weight excluding hydrogens is 294 g/mol. The smallest absolute Gasteiger partial charge is 0.272 e. The molecule has 0 bridgehead atoms. The van der Waals surface area contributed by atoms with E-state index in [1.807, 2.05) is 19.2 Å². The fraction of sp³-hybridized carbons (Fsp3) is 0.538. The molecule has 1 aromatic rings. The maximum atomic E-state index is 12.2. The number of hydrogen-bond donors (Lipinski definition) is 0. The number of halogens is 1. The predicted molar refractivity (Wildman–Crippen MR) is 74.5 cm³/mol. The van der Waals surface area contributed by atoms with E-state index in [-0.39, 0.29) is 5.91 Å². The second kappa shape index (κ2) is 5.80. The van der Waals surface area contributed by atoms with Crippen LogP contribution in [0.2, 0.25) is 0 Å². The Morgan fingerprint density at radius 3 is 3.00 bits per heavy atom. The lowest BCUT2D eigenvalue weighted by Gasteiger charge is -2.20. The van der Waals surface area contributed by atoms with Crippen LogP contribution in [-0.4, -0.2) is 54.4 Å². The highest BCUT2D eigenvalue weighted by molar-refractivity contribution is 9.10. The lowest BCUT2D eigenvalue weighted by molar-refractivity contribution is 0.0768. The Labute approximate surface area is 116 Å². The van der Waals surface area contributed by atoms with Crippen LogP contribution in [-0.2, 0) is 0 Å². The number of rotatable bonds is 3. The van der Waals surface area contributed by atoms with E-state index in [1.54, 1.807) is 11.0 Å². The largest absolute Gasteiger partial charge is 0.340 e. The maximum absolute atomic E-state index is 12.2. The Morgan fingerprint density at radius 2 is 2.39 bits per heavy atom. The van der Waals surface area contributed by atoms with Crippen molar-refractivity contribution < 1.29 is 4.79 Å². The van der Waals surface area contributed by atoms with Crippen molar-refractivity contribution >= 4 is 21.8 Å². The SMILES string of the molecule is CN1CCC(CN(C)C(=O)c2cccc(Br)n2)C1. The van der Waals surface area contributed by atoms with Gasteiger partial charge in [0.1, 0.15) is 10.3 Å². The van der Waals surface area contributed by atoms with E-state index in [1.165, 1.54) is 6.42 Å². The fourth-order valence-electron chi connectivity index (χ4n) is 2.37. The van der Waals surface area contributed by atoms with Gasteiger partial charge in [-0.2, -0.15) is 0 Å². The molecule has 0 saturated carbocycles. The van der Waals surface area contributed by atoms with Gasteiger partial charge in [0.15, 0.2) is 0 Å². The van der Waals surface area contributed by atoms with Crippen molar-refractivity contribution in [1.29, 1.82) is 0 Å². The molecule has 0 radical (unpaired) electrons. The summed E-state index contributed by atoms with van der Waals surface area (Å²) in [6, 6.07) is 5.41. The highest BCUT2D eigenvalue weighted by atomic mass is 79.9. The van der Waals surface area contributed by atoms with E-state index < -0.39 is 0 Å². The van der Waals surface area contributed by atoms with Gasteiger partial charge < -0.3 is 9.80 Å². The molecular formula is C13H18BrN3O. The Kier molecular flexibility index (Phi) is 4.35. The minimum atomic E-state index is -0.00847. The van der Waals surface area contributed by atoms with Crippen LogP contribution in [0.3, 0.4) is 0 Å². The summed E-state index contributed by atoms with van der Waals surface area (Å²) in [7, 11) is 3.97. The number of carbonyl (C=O) groups excluding carboxylic acids is 1. The number of carbonyl (C=O) groups is 1. The topological polar surface area (TPSA) is 36.4 Å². The first-order valence-corrected chi connectivity index (χ1v) is 6.92. The van der Waals surface area contributed by atoms with E-state index in [0.717, 1.165) is 19.6 Å². The lowest BCUT2D eigenvalue weighted by atomic mass is 10.1. The third-order valence-corrected chi connectivity index (χ3v) is 3.74. The second-order valence-corrected chi connectivity index (χ2v) is 5.76. The molecule has 2 rings (SSSR count). The molecule has 0 N–H and O–H groups in total. The van der Waals surface area contributed by atoms with Gasteiger partial charge in [0.05, 0.1) is 0 Å². The van der Waals surface area contributed by atoms with Gasteiger partial charge in [-0.1, -0.05) is 6.07 Å². The minimum absolute atomic E-state index is 0.00847. The summed E-state index contributed by atoms with van der Waals surface area (Å²) in [5, 5.41) is 0. The van der Waals surface area contributed by atoms with Crippen LogP contribution < -0.4 is 0 Å². The first-order chi connectivity index (χ1) is 8.56. The van der Waals surface area contributed by atoms with Gasteiger partial charge in [-0.3, -0.25) is 4.79 Å². The Balaban J connectivity index is 1.96. The molecule has 0 spiro atoms. The van der Waals surface area contributed by atoms with Crippen LogP contribution in [0.1, 0.15) is 16.9 Å². The number of aromatic nitrogens is 1. The van der Waals surface area contributed by atoms with E-state index in [2.05, 4.69) is 32.9 Å². The summed E-state index contributed by atoms with van der Waals surface area (Å²) in [4.78, 5) is 20.5. The number of hydrogen-bond acceptors (Lipinski definition) is 3. The van der Waals surface area contributed by atoms with Gasteiger partial charge in [-0.05, 0) is 54.0 Å². The molecule has 1 fully saturated rings. The molecule has 2 heterocycles. The molecule has 5 heteroatoms.